The van der Waals surface area contributed by atoms with E-state index in [4.69, 9.17) is 9.15 Å². The molecule has 3 aromatic rings. The molecule has 0 radical (unpaired) electrons. The number of hydrogen-bond donors (Lipinski definition) is 0. The normalized spacial score (nSPS) is 11.4. The van der Waals surface area contributed by atoms with Crippen LogP contribution in [0.25, 0.3) is 0 Å². The summed E-state index contributed by atoms with van der Waals surface area (Å²) in [5.74, 6) is -0.863. The third-order valence-electron chi connectivity index (χ3n) is 5.56. The van der Waals surface area contributed by atoms with Crippen molar-refractivity contribution in [1.29, 1.82) is 0 Å². The third-order valence-corrected chi connectivity index (χ3v) is 5.56. The van der Waals surface area contributed by atoms with Crippen molar-refractivity contribution in [3.05, 3.63) is 95.2 Å². The van der Waals surface area contributed by atoms with E-state index in [1.165, 1.54) is 28.2 Å². The predicted octanol–water partition coefficient (Wildman–Crippen LogP) is 5.54. The van der Waals surface area contributed by atoms with Gasteiger partial charge < -0.3 is 19.0 Å². The molecule has 0 atom stereocenters. The SMILES string of the molecule is CCOCCCN(CC(=O)N(Cc1ccc(F)cc1)Cc1ccco1)C(=O)c1ccc(C(F)(F)F)cc1. The number of halogens is 4. The van der Waals surface area contributed by atoms with E-state index in [1.807, 2.05) is 6.92 Å². The molecule has 1 aromatic heterocycles. The smallest absolute Gasteiger partial charge is 0.416 e. The number of carbonyl (C=O) groups is 2. The van der Waals surface area contributed by atoms with Crippen molar-refractivity contribution < 1.29 is 36.3 Å². The Hall–Kier alpha value is -3.66. The van der Waals surface area contributed by atoms with Gasteiger partial charge >= 0.3 is 6.18 Å². The summed E-state index contributed by atoms with van der Waals surface area (Å²) in [7, 11) is 0. The second-order valence-electron chi connectivity index (χ2n) is 8.31. The van der Waals surface area contributed by atoms with Crippen LogP contribution in [0.3, 0.4) is 0 Å². The molecule has 0 aliphatic heterocycles. The minimum Gasteiger partial charge on any atom is -0.467 e. The Morgan fingerprint density at radius 1 is 0.946 bits per heavy atom. The topological polar surface area (TPSA) is 63.0 Å². The fourth-order valence-electron chi connectivity index (χ4n) is 3.63. The van der Waals surface area contributed by atoms with Crippen LogP contribution in [0.2, 0.25) is 0 Å². The average molecular weight is 521 g/mol. The fourth-order valence-corrected chi connectivity index (χ4v) is 3.63. The quantitative estimate of drug-likeness (QED) is 0.233. The van der Waals surface area contributed by atoms with Crippen molar-refractivity contribution in [2.24, 2.45) is 0 Å². The first-order valence-electron chi connectivity index (χ1n) is 11.8. The molecule has 0 aliphatic rings. The average Bonchev–Trinajstić information content (AvgIpc) is 3.39. The minimum absolute atomic E-state index is 0.0355. The summed E-state index contributed by atoms with van der Waals surface area (Å²) in [5.41, 5.74) is -0.154. The highest BCUT2D eigenvalue weighted by Crippen LogP contribution is 2.29. The van der Waals surface area contributed by atoms with Crippen LogP contribution < -0.4 is 0 Å². The standard InChI is InChI=1S/C27H28F4N2O4/c1-2-36-15-4-14-32(26(35)21-8-10-22(11-9-21)27(29,30)31)19-25(34)33(18-24-5-3-16-37-24)17-20-6-12-23(28)13-7-20/h3,5-13,16H,2,4,14-15,17-19H2,1H3. The van der Waals surface area contributed by atoms with Gasteiger partial charge in [0.1, 0.15) is 18.1 Å². The lowest BCUT2D eigenvalue weighted by Crippen LogP contribution is -2.43. The molecule has 0 saturated carbocycles. The maximum absolute atomic E-state index is 13.4. The van der Waals surface area contributed by atoms with Crippen LogP contribution in [-0.2, 0) is 28.8 Å². The lowest BCUT2D eigenvalue weighted by molar-refractivity contribution is -0.137. The number of alkyl halides is 3. The molecule has 0 fully saturated rings. The first kappa shape index (κ1) is 27.9. The number of furan rings is 1. The summed E-state index contributed by atoms with van der Waals surface area (Å²) in [6, 6.07) is 13.0. The highest BCUT2D eigenvalue weighted by molar-refractivity contribution is 5.96. The lowest BCUT2D eigenvalue weighted by Gasteiger charge is -2.27. The van der Waals surface area contributed by atoms with Crippen LogP contribution in [0.1, 0.15) is 40.6 Å². The molecule has 1 heterocycles. The fraction of sp³-hybridized carbons (Fsp3) is 0.333. The molecular weight excluding hydrogens is 492 g/mol. The molecule has 3 rings (SSSR count). The van der Waals surface area contributed by atoms with E-state index >= 15 is 0 Å². The van der Waals surface area contributed by atoms with Gasteiger partial charge in [0.25, 0.3) is 5.91 Å². The van der Waals surface area contributed by atoms with Gasteiger partial charge in [-0.15, -0.1) is 0 Å². The summed E-state index contributed by atoms with van der Waals surface area (Å²) in [6.45, 7) is 2.78. The maximum Gasteiger partial charge on any atom is 0.416 e. The van der Waals surface area contributed by atoms with Crippen LogP contribution in [0.4, 0.5) is 17.6 Å². The monoisotopic (exact) mass is 520 g/mol. The predicted molar refractivity (Wildman–Crippen MR) is 128 cm³/mol. The molecule has 37 heavy (non-hydrogen) atoms. The Bertz CT molecular complexity index is 1130. The number of carbonyl (C=O) groups excluding carboxylic acids is 2. The molecule has 0 aliphatic carbocycles. The first-order valence-corrected chi connectivity index (χ1v) is 11.8. The number of amides is 2. The van der Waals surface area contributed by atoms with E-state index in [0.29, 0.717) is 31.0 Å². The van der Waals surface area contributed by atoms with Crippen molar-refractivity contribution in [3.63, 3.8) is 0 Å². The van der Waals surface area contributed by atoms with Gasteiger partial charge in [0.2, 0.25) is 5.91 Å². The van der Waals surface area contributed by atoms with Crippen molar-refractivity contribution >= 4 is 11.8 Å². The van der Waals surface area contributed by atoms with Crippen molar-refractivity contribution in [2.45, 2.75) is 32.6 Å². The van der Waals surface area contributed by atoms with E-state index < -0.39 is 29.4 Å². The molecule has 0 saturated heterocycles. The van der Waals surface area contributed by atoms with Gasteiger partial charge in [-0.2, -0.15) is 13.2 Å². The molecule has 0 unspecified atom stereocenters. The van der Waals surface area contributed by atoms with Gasteiger partial charge in [-0.05, 0) is 67.4 Å². The van der Waals surface area contributed by atoms with Crippen LogP contribution >= 0.6 is 0 Å². The molecular formula is C27H28F4N2O4. The zero-order chi connectivity index (χ0) is 26.8. The van der Waals surface area contributed by atoms with E-state index in [2.05, 4.69) is 0 Å². The summed E-state index contributed by atoms with van der Waals surface area (Å²) in [4.78, 5) is 29.4. The molecule has 0 N–H and O–H groups in total. The Balaban J connectivity index is 1.80. The second kappa shape index (κ2) is 13.0. The van der Waals surface area contributed by atoms with E-state index in [1.54, 1.807) is 24.3 Å². The second-order valence-corrected chi connectivity index (χ2v) is 8.31. The Kier molecular flexibility index (Phi) is 9.85. The van der Waals surface area contributed by atoms with Crippen LogP contribution in [0.5, 0.6) is 0 Å². The van der Waals surface area contributed by atoms with E-state index in [9.17, 15) is 27.2 Å². The Labute approximate surface area is 212 Å². The molecule has 0 spiro atoms. The molecule has 2 aromatic carbocycles. The van der Waals surface area contributed by atoms with E-state index in [-0.39, 0.29) is 31.7 Å². The first-order chi connectivity index (χ1) is 17.7. The van der Waals surface area contributed by atoms with Gasteiger partial charge in [0.15, 0.2) is 0 Å². The number of hydrogen-bond acceptors (Lipinski definition) is 4. The summed E-state index contributed by atoms with van der Waals surface area (Å²) in [6.07, 6.45) is -2.62. The minimum atomic E-state index is -4.53. The molecule has 198 valence electrons. The van der Waals surface area contributed by atoms with Gasteiger partial charge in [0, 0.05) is 31.9 Å². The zero-order valence-corrected chi connectivity index (χ0v) is 20.3. The molecule has 6 nitrogen and oxygen atoms in total. The highest BCUT2D eigenvalue weighted by Gasteiger charge is 2.31. The Morgan fingerprint density at radius 3 is 2.24 bits per heavy atom. The molecule has 2 amide bonds. The Morgan fingerprint density at radius 2 is 1.65 bits per heavy atom. The van der Waals surface area contributed by atoms with Crippen molar-refractivity contribution in [3.8, 4) is 0 Å². The van der Waals surface area contributed by atoms with Gasteiger partial charge in [0.05, 0.1) is 18.4 Å². The molecule has 10 heteroatoms. The summed E-state index contributed by atoms with van der Waals surface area (Å²) < 4.78 is 62.9. The zero-order valence-electron chi connectivity index (χ0n) is 20.3. The lowest BCUT2D eigenvalue weighted by atomic mass is 10.1. The maximum atomic E-state index is 13.4. The van der Waals surface area contributed by atoms with Gasteiger partial charge in [-0.3, -0.25) is 9.59 Å². The van der Waals surface area contributed by atoms with Gasteiger partial charge in [-0.25, -0.2) is 4.39 Å². The van der Waals surface area contributed by atoms with Crippen molar-refractivity contribution in [2.75, 3.05) is 26.3 Å². The summed E-state index contributed by atoms with van der Waals surface area (Å²) >= 11 is 0. The van der Waals surface area contributed by atoms with Crippen LogP contribution in [0.15, 0.2) is 71.3 Å². The number of nitrogens with zero attached hydrogens (tertiary/aromatic N) is 2. The highest BCUT2D eigenvalue weighted by atomic mass is 19.4. The number of rotatable bonds is 12. The molecule has 0 bridgehead atoms. The number of ether oxygens (including phenoxy) is 1. The number of benzene rings is 2. The van der Waals surface area contributed by atoms with Crippen molar-refractivity contribution in [1.82, 2.24) is 9.80 Å². The third kappa shape index (κ3) is 8.45. The largest absolute Gasteiger partial charge is 0.467 e. The van der Waals surface area contributed by atoms with Crippen LogP contribution in [0, 0.1) is 5.82 Å². The van der Waals surface area contributed by atoms with E-state index in [0.717, 1.165) is 24.3 Å². The van der Waals surface area contributed by atoms with Crippen LogP contribution in [-0.4, -0.2) is 47.9 Å². The van der Waals surface area contributed by atoms with Gasteiger partial charge in [-0.1, -0.05) is 12.1 Å². The summed E-state index contributed by atoms with van der Waals surface area (Å²) in [5, 5.41) is 0.